The molecule has 8 nitrogen and oxygen atoms in total. The predicted octanol–water partition coefficient (Wildman–Crippen LogP) is 14.1. The van der Waals surface area contributed by atoms with E-state index in [1.54, 1.807) is 0 Å². The fourth-order valence-electron chi connectivity index (χ4n) is 6.32. The van der Waals surface area contributed by atoms with Crippen molar-refractivity contribution in [1.82, 2.24) is 0 Å². The van der Waals surface area contributed by atoms with Crippen LogP contribution in [0.4, 0.5) is 0 Å². The van der Waals surface area contributed by atoms with Crippen molar-refractivity contribution in [2.75, 3.05) is 33.0 Å². The molecule has 0 fully saturated rings. The van der Waals surface area contributed by atoms with E-state index in [2.05, 4.69) is 74.6 Å². The molecule has 2 atom stereocenters. The van der Waals surface area contributed by atoms with E-state index in [0.717, 1.165) is 70.6 Å². The Labute approximate surface area is 351 Å². The Kier molecular flexibility index (Phi) is 43.9. The third kappa shape index (κ3) is 45.1. The lowest BCUT2D eigenvalue weighted by Gasteiger charge is -2.20. The summed E-state index contributed by atoms with van der Waals surface area (Å²) in [6, 6.07) is 0. The molecule has 0 aromatic carbocycles. The van der Waals surface area contributed by atoms with Gasteiger partial charge in [0.25, 0.3) is 0 Å². The smallest absolute Gasteiger partial charge is 0.457 e. The summed E-state index contributed by atoms with van der Waals surface area (Å²) in [4.78, 5) is 22.5. The van der Waals surface area contributed by atoms with Gasteiger partial charge in [0.05, 0.1) is 19.8 Å². The maximum absolute atomic E-state index is 12.6. The average molecular weight is 822 g/mol. The van der Waals surface area contributed by atoms with E-state index in [-0.39, 0.29) is 38.8 Å². The van der Waals surface area contributed by atoms with E-state index >= 15 is 0 Å². The first-order chi connectivity index (χ1) is 27.9. The first-order valence-corrected chi connectivity index (χ1v) is 24.8. The fourth-order valence-corrected chi connectivity index (χ4v) is 7.08. The van der Waals surface area contributed by atoms with Gasteiger partial charge in [-0.05, 0) is 57.8 Å². The van der Waals surface area contributed by atoms with Gasteiger partial charge in [0.15, 0.2) is 0 Å². The molecule has 0 heterocycles. The van der Waals surface area contributed by atoms with Crippen molar-refractivity contribution >= 4 is 13.8 Å². The molecule has 0 spiro atoms. The highest BCUT2D eigenvalue weighted by Gasteiger charge is 2.25. The maximum Gasteiger partial charge on any atom is 0.472 e. The largest absolute Gasteiger partial charge is 0.472 e. The molecule has 0 rings (SSSR count). The zero-order chi connectivity index (χ0) is 41.6. The molecule has 2 unspecified atom stereocenters. The fraction of sp³-hybridized carbons (Fsp3) is 0.771. The first kappa shape index (κ1) is 55.2. The number of unbranched alkanes of at least 4 members (excludes halogenated alkanes) is 21. The molecule has 57 heavy (non-hydrogen) atoms. The number of carbonyl (C=O) groups excluding carboxylic acids is 1. The molecule has 0 saturated carbocycles. The Balaban J connectivity index is 4.05. The molecule has 332 valence electrons. The van der Waals surface area contributed by atoms with E-state index in [4.69, 9.17) is 24.3 Å². The van der Waals surface area contributed by atoms with Crippen LogP contribution in [0.25, 0.3) is 0 Å². The van der Waals surface area contributed by atoms with Crippen LogP contribution in [-0.2, 0) is 27.9 Å². The van der Waals surface area contributed by atoms with E-state index in [1.807, 2.05) is 0 Å². The number of rotatable bonds is 44. The van der Waals surface area contributed by atoms with Gasteiger partial charge in [-0.25, -0.2) is 4.57 Å². The molecule has 0 aliphatic rings. The van der Waals surface area contributed by atoms with E-state index in [0.29, 0.717) is 6.61 Å². The van der Waals surface area contributed by atoms with E-state index in [1.165, 1.54) is 109 Å². The van der Waals surface area contributed by atoms with E-state index in [9.17, 15) is 14.3 Å². The second kappa shape index (κ2) is 45.3. The molecule has 9 heteroatoms. The monoisotopic (exact) mass is 822 g/mol. The maximum atomic E-state index is 12.6. The number of hydrogen-bond acceptors (Lipinski definition) is 7. The number of phosphoric ester groups is 1. The summed E-state index contributed by atoms with van der Waals surface area (Å²) in [7, 11) is -4.29. The zero-order valence-corrected chi connectivity index (χ0v) is 37.7. The van der Waals surface area contributed by atoms with Gasteiger partial charge in [-0.15, -0.1) is 0 Å². The molecule has 0 saturated heterocycles. The van der Waals surface area contributed by atoms with Crippen LogP contribution in [0.15, 0.2) is 60.8 Å². The van der Waals surface area contributed by atoms with Crippen molar-refractivity contribution in [3.05, 3.63) is 60.8 Å². The first-order valence-electron chi connectivity index (χ1n) is 23.3. The van der Waals surface area contributed by atoms with Gasteiger partial charge in [0, 0.05) is 19.6 Å². The van der Waals surface area contributed by atoms with E-state index < -0.39 is 13.9 Å². The SMILES string of the molecule is CC/C=C\C/C=C\C/C=C\C/C=C\C/C=C\CCCCCC(=O)OC(COCCCCCCCCCCCCCCCCCCCCC)COP(=O)(O)OCCN. The van der Waals surface area contributed by atoms with Crippen LogP contribution in [0, 0.1) is 0 Å². The minimum absolute atomic E-state index is 0.0932. The van der Waals surface area contributed by atoms with Crippen molar-refractivity contribution in [2.45, 2.75) is 206 Å². The van der Waals surface area contributed by atoms with Crippen molar-refractivity contribution in [1.29, 1.82) is 0 Å². The van der Waals surface area contributed by atoms with Gasteiger partial charge < -0.3 is 20.1 Å². The van der Waals surface area contributed by atoms with Crippen LogP contribution in [0.1, 0.15) is 200 Å². The second-order valence-electron chi connectivity index (χ2n) is 15.2. The van der Waals surface area contributed by atoms with Crippen molar-refractivity contribution in [3.8, 4) is 0 Å². The minimum atomic E-state index is -4.29. The summed E-state index contributed by atoms with van der Waals surface area (Å²) in [6.07, 6.45) is 55.3. The Hall–Kier alpha value is -1.80. The number of allylic oxidation sites excluding steroid dienone is 10. The number of ether oxygens (including phenoxy) is 2. The summed E-state index contributed by atoms with van der Waals surface area (Å²) in [5.74, 6) is -0.360. The quantitative estimate of drug-likeness (QED) is 0.0270. The summed E-state index contributed by atoms with van der Waals surface area (Å²) in [6.45, 7) is 4.78. The number of esters is 1. The molecule has 0 bridgehead atoms. The van der Waals surface area contributed by atoms with Crippen molar-refractivity contribution in [3.63, 3.8) is 0 Å². The van der Waals surface area contributed by atoms with Crippen LogP contribution >= 0.6 is 7.82 Å². The van der Waals surface area contributed by atoms with Gasteiger partial charge in [0.1, 0.15) is 6.10 Å². The third-order valence-electron chi connectivity index (χ3n) is 9.70. The Morgan fingerprint density at radius 1 is 0.544 bits per heavy atom. The predicted molar refractivity (Wildman–Crippen MR) is 242 cm³/mol. The van der Waals surface area contributed by atoms with Crippen LogP contribution in [0.2, 0.25) is 0 Å². The summed E-state index contributed by atoms with van der Waals surface area (Å²) in [5, 5.41) is 0. The van der Waals surface area contributed by atoms with Crippen molar-refractivity contribution < 1.29 is 32.8 Å². The number of carbonyl (C=O) groups is 1. The molecular weight excluding hydrogens is 734 g/mol. The van der Waals surface area contributed by atoms with Crippen LogP contribution in [-0.4, -0.2) is 49.9 Å². The van der Waals surface area contributed by atoms with Crippen LogP contribution in [0.5, 0.6) is 0 Å². The van der Waals surface area contributed by atoms with Gasteiger partial charge in [-0.1, -0.05) is 197 Å². The highest BCUT2D eigenvalue weighted by Crippen LogP contribution is 2.43. The molecule has 0 aliphatic heterocycles. The standard InChI is InChI=1S/C48H88NO7P/c1-3-5-7-9-11-13-15-17-19-21-23-25-27-29-31-33-35-37-39-41-48(50)56-47(46-55-57(51,52)54-44-42-49)45-53-43-40-38-36-34-32-30-28-26-24-22-20-18-16-14-12-10-8-6-4-2/h5,7,11,13,17,19,23,25,29,31,47H,3-4,6,8-10,12,14-16,18,20-22,24,26-28,30,32-46,49H2,1-2H3,(H,51,52)/b7-5-,13-11-,19-17-,25-23-,31-29-. The number of phosphoric acid groups is 1. The van der Waals surface area contributed by atoms with Gasteiger partial charge >= 0.3 is 13.8 Å². The summed E-state index contributed by atoms with van der Waals surface area (Å²) < 4.78 is 33.5. The summed E-state index contributed by atoms with van der Waals surface area (Å²) in [5.41, 5.74) is 5.38. The van der Waals surface area contributed by atoms with Gasteiger partial charge in [0.2, 0.25) is 0 Å². The Morgan fingerprint density at radius 2 is 0.982 bits per heavy atom. The lowest BCUT2D eigenvalue weighted by atomic mass is 10.0. The topological polar surface area (TPSA) is 117 Å². The number of hydrogen-bond donors (Lipinski definition) is 2. The Bertz CT molecular complexity index is 1060. The molecule has 0 aromatic rings. The zero-order valence-electron chi connectivity index (χ0n) is 36.8. The average Bonchev–Trinajstić information content (AvgIpc) is 3.20. The van der Waals surface area contributed by atoms with Crippen LogP contribution < -0.4 is 5.73 Å². The number of nitrogens with two attached hydrogens (primary N) is 1. The molecule has 3 N–H and O–H groups in total. The van der Waals surface area contributed by atoms with Crippen molar-refractivity contribution in [2.24, 2.45) is 5.73 Å². The van der Waals surface area contributed by atoms with Gasteiger partial charge in [-0.2, -0.15) is 0 Å². The highest BCUT2D eigenvalue weighted by molar-refractivity contribution is 7.47. The normalized spacial score (nSPS) is 14.0. The lowest BCUT2D eigenvalue weighted by molar-refractivity contribution is -0.154. The lowest BCUT2D eigenvalue weighted by Crippen LogP contribution is -2.28. The summed E-state index contributed by atoms with van der Waals surface area (Å²) >= 11 is 0. The molecule has 0 aliphatic carbocycles. The Morgan fingerprint density at radius 3 is 1.46 bits per heavy atom. The molecule has 0 radical (unpaired) electrons. The second-order valence-corrected chi connectivity index (χ2v) is 16.7. The van der Waals surface area contributed by atoms with Crippen LogP contribution in [0.3, 0.4) is 0 Å². The molecule has 0 amide bonds. The van der Waals surface area contributed by atoms with Gasteiger partial charge in [-0.3, -0.25) is 13.8 Å². The molecule has 0 aromatic heterocycles. The third-order valence-corrected chi connectivity index (χ3v) is 10.7. The molecular formula is C48H88NO7P. The minimum Gasteiger partial charge on any atom is -0.457 e. The highest BCUT2D eigenvalue weighted by atomic mass is 31.2.